The van der Waals surface area contributed by atoms with Crippen LogP contribution in [0, 0.1) is 3.57 Å². The van der Waals surface area contributed by atoms with Gasteiger partial charge in [-0.1, -0.05) is 0 Å². The van der Waals surface area contributed by atoms with E-state index in [1.165, 1.54) is 24.3 Å². The number of sulfonamides is 1. The number of benzene rings is 2. The highest BCUT2D eigenvalue weighted by molar-refractivity contribution is 14.1. The molecule has 7 heteroatoms. The SMILES string of the molecule is CCOC(=O)c1ccc(S(=O)(=O)Nc2ccc(I)cc2)cc1. The first-order chi connectivity index (χ1) is 10.4. The van der Waals surface area contributed by atoms with Crippen LogP contribution in [0.15, 0.2) is 53.4 Å². The first-order valence-electron chi connectivity index (χ1n) is 6.48. The minimum absolute atomic E-state index is 0.0825. The maximum atomic E-state index is 12.3. The summed E-state index contributed by atoms with van der Waals surface area (Å²) < 4.78 is 32.9. The quantitative estimate of drug-likeness (QED) is 0.583. The van der Waals surface area contributed by atoms with Gasteiger partial charge in [0, 0.05) is 9.26 Å². The zero-order valence-corrected chi connectivity index (χ0v) is 14.7. The Balaban J connectivity index is 2.19. The maximum Gasteiger partial charge on any atom is 0.338 e. The van der Waals surface area contributed by atoms with Crippen molar-refractivity contribution >= 4 is 44.3 Å². The van der Waals surface area contributed by atoms with Crippen LogP contribution in [0.5, 0.6) is 0 Å². The molecule has 0 bridgehead atoms. The van der Waals surface area contributed by atoms with Gasteiger partial charge in [-0.05, 0) is 78.0 Å². The van der Waals surface area contributed by atoms with E-state index in [1.54, 1.807) is 19.1 Å². The third kappa shape index (κ3) is 4.20. The van der Waals surface area contributed by atoms with Crippen molar-refractivity contribution in [2.75, 3.05) is 11.3 Å². The average molecular weight is 431 g/mol. The monoisotopic (exact) mass is 431 g/mol. The zero-order valence-electron chi connectivity index (χ0n) is 11.7. The number of carbonyl (C=O) groups is 1. The van der Waals surface area contributed by atoms with Crippen LogP contribution in [0.25, 0.3) is 0 Å². The molecule has 0 aliphatic heterocycles. The molecule has 0 fully saturated rings. The van der Waals surface area contributed by atoms with Crippen LogP contribution in [-0.4, -0.2) is 21.0 Å². The maximum absolute atomic E-state index is 12.3. The second kappa shape index (κ2) is 7.10. The van der Waals surface area contributed by atoms with Crippen LogP contribution in [-0.2, 0) is 14.8 Å². The van der Waals surface area contributed by atoms with Crippen molar-refractivity contribution in [1.29, 1.82) is 0 Å². The van der Waals surface area contributed by atoms with E-state index >= 15 is 0 Å². The second-order valence-electron chi connectivity index (χ2n) is 4.36. The lowest BCUT2D eigenvalue weighted by molar-refractivity contribution is 0.0526. The number of esters is 1. The first kappa shape index (κ1) is 16.8. The molecule has 0 amide bonds. The summed E-state index contributed by atoms with van der Waals surface area (Å²) in [5, 5.41) is 0. The van der Waals surface area contributed by atoms with Gasteiger partial charge in [0.15, 0.2) is 0 Å². The van der Waals surface area contributed by atoms with E-state index < -0.39 is 16.0 Å². The van der Waals surface area contributed by atoms with Gasteiger partial charge in [0.1, 0.15) is 0 Å². The highest BCUT2D eigenvalue weighted by Crippen LogP contribution is 2.18. The molecule has 5 nitrogen and oxygen atoms in total. The van der Waals surface area contributed by atoms with Gasteiger partial charge in [0.05, 0.1) is 17.1 Å². The Bertz CT molecular complexity index is 755. The largest absolute Gasteiger partial charge is 0.462 e. The standard InChI is InChI=1S/C15H14INO4S/c1-2-21-15(18)11-3-9-14(10-4-11)22(19,20)17-13-7-5-12(16)6-8-13/h3-10,17H,2H2,1H3. The van der Waals surface area contributed by atoms with E-state index in [4.69, 9.17) is 4.74 Å². The minimum Gasteiger partial charge on any atom is -0.462 e. The summed E-state index contributed by atoms with van der Waals surface area (Å²) >= 11 is 2.14. The third-order valence-electron chi connectivity index (χ3n) is 2.77. The van der Waals surface area contributed by atoms with Crippen molar-refractivity contribution in [2.24, 2.45) is 0 Å². The third-order valence-corrected chi connectivity index (χ3v) is 4.89. The molecule has 0 radical (unpaired) electrons. The molecule has 0 aromatic heterocycles. The Morgan fingerprint density at radius 3 is 2.23 bits per heavy atom. The Kier molecular flexibility index (Phi) is 5.41. The smallest absolute Gasteiger partial charge is 0.338 e. The fraction of sp³-hybridized carbons (Fsp3) is 0.133. The number of rotatable bonds is 5. The molecule has 0 heterocycles. The lowest BCUT2D eigenvalue weighted by atomic mass is 10.2. The molecule has 1 N–H and O–H groups in total. The van der Waals surface area contributed by atoms with Crippen molar-refractivity contribution < 1.29 is 17.9 Å². The van der Waals surface area contributed by atoms with Gasteiger partial charge in [-0.25, -0.2) is 13.2 Å². The molecule has 116 valence electrons. The molecular weight excluding hydrogens is 417 g/mol. The average Bonchev–Trinajstić information content (AvgIpc) is 2.50. The predicted molar refractivity (Wildman–Crippen MR) is 92.4 cm³/mol. The molecule has 0 saturated heterocycles. The summed E-state index contributed by atoms with van der Waals surface area (Å²) in [5.74, 6) is -0.475. The fourth-order valence-corrected chi connectivity index (χ4v) is 3.13. The van der Waals surface area contributed by atoms with Gasteiger partial charge >= 0.3 is 5.97 Å². The predicted octanol–water partition coefficient (Wildman–Crippen LogP) is 3.27. The van der Waals surface area contributed by atoms with Crippen molar-refractivity contribution in [3.63, 3.8) is 0 Å². The van der Waals surface area contributed by atoms with Gasteiger partial charge in [-0.3, -0.25) is 4.72 Å². The summed E-state index contributed by atoms with van der Waals surface area (Å²) in [7, 11) is -3.69. The van der Waals surface area contributed by atoms with Crippen LogP contribution in [0.4, 0.5) is 5.69 Å². The highest BCUT2D eigenvalue weighted by atomic mass is 127. The van der Waals surface area contributed by atoms with E-state index in [0.29, 0.717) is 11.3 Å². The number of hydrogen-bond acceptors (Lipinski definition) is 4. The van der Waals surface area contributed by atoms with Crippen LogP contribution in [0.2, 0.25) is 0 Å². The topological polar surface area (TPSA) is 72.5 Å². The van der Waals surface area contributed by atoms with Gasteiger partial charge in [-0.15, -0.1) is 0 Å². The van der Waals surface area contributed by atoms with Crippen LogP contribution in [0.3, 0.4) is 0 Å². The van der Waals surface area contributed by atoms with Crippen LogP contribution >= 0.6 is 22.6 Å². The summed E-state index contributed by atoms with van der Waals surface area (Å²) in [6.07, 6.45) is 0. The Morgan fingerprint density at radius 2 is 1.68 bits per heavy atom. The molecule has 0 unspecified atom stereocenters. The Labute approximate surface area is 142 Å². The number of anilines is 1. The number of hydrogen-bond donors (Lipinski definition) is 1. The lowest BCUT2D eigenvalue weighted by Crippen LogP contribution is -2.13. The Morgan fingerprint density at radius 1 is 1.09 bits per heavy atom. The molecule has 2 rings (SSSR count). The zero-order chi connectivity index (χ0) is 16.2. The van der Waals surface area contributed by atoms with E-state index in [-0.39, 0.29) is 11.5 Å². The van der Waals surface area contributed by atoms with Gasteiger partial charge < -0.3 is 4.74 Å². The summed E-state index contributed by atoms with van der Waals surface area (Å²) in [6.45, 7) is 1.98. The number of ether oxygens (including phenoxy) is 1. The molecule has 0 atom stereocenters. The number of carbonyl (C=O) groups excluding carboxylic acids is 1. The molecular formula is C15H14INO4S. The van der Waals surface area contributed by atoms with Crippen molar-refractivity contribution in [3.8, 4) is 0 Å². The van der Waals surface area contributed by atoms with Gasteiger partial charge in [-0.2, -0.15) is 0 Å². The molecule has 0 spiro atoms. The van der Waals surface area contributed by atoms with E-state index in [1.807, 2.05) is 12.1 Å². The fourth-order valence-electron chi connectivity index (χ4n) is 1.72. The first-order valence-corrected chi connectivity index (χ1v) is 9.04. The van der Waals surface area contributed by atoms with Crippen LogP contribution < -0.4 is 4.72 Å². The molecule has 0 aliphatic carbocycles. The van der Waals surface area contributed by atoms with E-state index in [2.05, 4.69) is 27.3 Å². The molecule has 2 aromatic carbocycles. The van der Waals surface area contributed by atoms with E-state index in [9.17, 15) is 13.2 Å². The summed E-state index contributed by atoms with van der Waals surface area (Å²) in [4.78, 5) is 11.6. The molecule has 2 aromatic rings. The highest BCUT2D eigenvalue weighted by Gasteiger charge is 2.15. The van der Waals surface area contributed by atoms with Crippen molar-refractivity contribution in [3.05, 3.63) is 57.7 Å². The van der Waals surface area contributed by atoms with Gasteiger partial charge in [0.2, 0.25) is 0 Å². The van der Waals surface area contributed by atoms with Gasteiger partial charge in [0.25, 0.3) is 10.0 Å². The number of nitrogens with one attached hydrogen (secondary N) is 1. The lowest BCUT2D eigenvalue weighted by Gasteiger charge is -2.09. The molecule has 0 saturated carbocycles. The minimum atomic E-state index is -3.69. The summed E-state index contributed by atoms with van der Waals surface area (Å²) in [5.41, 5.74) is 0.796. The molecule has 22 heavy (non-hydrogen) atoms. The molecule has 0 aliphatic rings. The van der Waals surface area contributed by atoms with Crippen molar-refractivity contribution in [1.82, 2.24) is 0 Å². The second-order valence-corrected chi connectivity index (χ2v) is 7.29. The Hall–Kier alpha value is -1.61. The van der Waals surface area contributed by atoms with Crippen LogP contribution in [0.1, 0.15) is 17.3 Å². The summed E-state index contributed by atoms with van der Waals surface area (Å²) in [6, 6.07) is 12.6. The van der Waals surface area contributed by atoms with Crippen molar-refractivity contribution in [2.45, 2.75) is 11.8 Å². The normalized spacial score (nSPS) is 11.0. The number of halogens is 1. The van der Waals surface area contributed by atoms with E-state index in [0.717, 1.165) is 3.57 Å².